The van der Waals surface area contributed by atoms with Gasteiger partial charge < -0.3 is 20.1 Å². The van der Waals surface area contributed by atoms with Crippen LogP contribution in [-0.2, 0) is 4.74 Å². The average Bonchev–Trinajstić information content (AvgIpc) is 3.35. The van der Waals surface area contributed by atoms with Crippen LogP contribution < -0.4 is 5.32 Å². The molecule has 21 heavy (non-hydrogen) atoms. The van der Waals surface area contributed by atoms with E-state index in [-0.39, 0.29) is 36.0 Å². The smallest absolute Gasteiger partial charge is 0.193 e. The number of aliphatic hydroxyl groups excluding tert-OH is 1. The molecule has 0 aliphatic heterocycles. The molecule has 0 aromatic carbocycles. The minimum Gasteiger partial charge on any atom is -0.396 e. The molecule has 0 aromatic heterocycles. The highest BCUT2D eigenvalue weighted by atomic mass is 127. The number of hydrogen-bond acceptors (Lipinski definition) is 3. The van der Waals surface area contributed by atoms with Gasteiger partial charge in [-0.1, -0.05) is 0 Å². The molecular weight excluding hydrogens is 381 g/mol. The molecule has 0 atom stereocenters. The largest absolute Gasteiger partial charge is 0.396 e. The van der Waals surface area contributed by atoms with Crippen molar-refractivity contribution in [1.29, 1.82) is 0 Å². The van der Waals surface area contributed by atoms with Crippen molar-refractivity contribution in [3.8, 4) is 0 Å². The van der Waals surface area contributed by atoms with E-state index in [0.717, 1.165) is 57.6 Å². The van der Waals surface area contributed by atoms with Gasteiger partial charge in [-0.3, -0.25) is 4.99 Å². The van der Waals surface area contributed by atoms with E-state index >= 15 is 0 Å². The first-order valence-electron chi connectivity index (χ1n) is 7.87. The zero-order chi connectivity index (χ0) is 14.4. The standard InChI is InChI=1S/C15H29N3O2.HI/c1-3-16-14(17-11-15(12-19)6-7-15)18(2)8-9-20-10-13-4-5-13;/h13,19H,3-12H2,1-2H3,(H,16,17);1H. The first kappa shape index (κ1) is 19.0. The fourth-order valence-corrected chi connectivity index (χ4v) is 2.10. The predicted molar refractivity (Wildman–Crippen MR) is 96.3 cm³/mol. The third-order valence-corrected chi connectivity index (χ3v) is 4.17. The summed E-state index contributed by atoms with van der Waals surface area (Å²) in [5, 5.41) is 12.7. The van der Waals surface area contributed by atoms with Crippen LogP contribution in [0, 0.1) is 11.3 Å². The second-order valence-corrected chi connectivity index (χ2v) is 6.27. The lowest BCUT2D eigenvalue weighted by atomic mass is 10.1. The number of hydrogen-bond donors (Lipinski definition) is 2. The molecule has 6 heteroatoms. The van der Waals surface area contributed by atoms with Crippen LogP contribution >= 0.6 is 24.0 Å². The normalized spacial score (nSPS) is 19.9. The Bertz CT molecular complexity index is 331. The van der Waals surface area contributed by atoms with Crippen molar-refractivity contribution in [3.05, 3.63) is 0 Å². The first-order valence-corrected chi connectivity index (χ1v) is 7.87. The Labute approximate surface area is 145 Å². The minimum atomic E-state index is 0. The van der Waals surface area contributed by atoms with Crippen LogP contribution in [0.1, 0.15) is 32.6 Å². The molecule has 0 heterocycles. The summed E-state index contributed by atoms with van der Waals surface area (Å²) < 4.78 is 5.67. The number of rotatable bonds is 9. The summed E-state index contributed by atoms with van der Waals surface area (Å²) in [5.41, 5.74) is 0.0734. The molecule has 2 N–H and O–H groups in total. The van der Waals surface area contributed by atoms with Gasteiger partial charge in [-0.15, -0.1) is 24.0 Å². The number of guanidine groups is 1. The third kappa shape index (κ3) is 6.69. The molecule has 124 valence electrons. The number of ether oxygens (including phenoxy) is 1. The summed E-state index contributed by atoms with van der Waals surface area (Å²) in [7, 11) is 2.04. The van der Waals surface area contributed by atoms with Crippen LogP contribution in [0.3, 0.4) is 0 Å². The van der Waals surface area contributed by atoms with Crippen molar-refractivity contribution in [2.24, 2.45) is 16.3 Å². The van der Waals surface area contributed by atoms with Gasteiger partial charge in [0.15, 0.2) is 5.96 Å². The van der Waals surface area contributed by atoms with E-state index in [1.807, 2.05) is 7.05 Å². The molecule has 2 saturated carbocycles. The van der Waals surface area contributed by atoms with E-state index in [1.54, 1.807) is 0 Å². The second kappa shape index (κ2) is 9.15. The monoisotopic (exact) mass is 411 g/mol. The number of aliphatic imine (C=N–C) groups is 1. The molecule has 0 aromatic rings. The van der Waals surface area contributed by atoms with Crippen molar-refractivity contribution >= 4 is 29.9 Å². The Morgan fingerprint density at radius 3 is 2.67 bits per heavy atom. The number of aliphatic hydroxyl groups is 1. The number of halogens is 1. The first-order chi connectivity index (χ1) is 9.69. The SMILES string of the molecule is CCNC(=NCC1(CO)CC1)N(C)CCOCC1CC1.I. The van der Waals surface area contributed by atoms with E-state index in [4.69, 9.17) is 4.74 Å². The minimum absolute atomic E-state index is 0. The maximum atomic E-state index is 9.35. The molecule has 2 fully saturated rings. The van der Waals surface area contributed by atoms with Crippen LogP contribution in [-0.4, -0.2) is 62.5 Å². The Kier molecular flexibility index (Phi) is 8.26. The summed E-state index contributed by atoms with van der Waals surface area (Å²) in [6, 6.07) is 0. The Morgan fingerprint density at radius 1 is 1.43 bits per heavy atom. The van der Waals surface area contributed by atoms with E-state index in [0.29, 0.717) is 0 Å². The second-order valence-electron chi connectivity index (χ2n) is 6.27. The van der Waals surface area contributed by atoms with Crippen LogP contribution in [0.4, 0.5) is 0 Å². The van der Waals surface area contributed by atoms with Gasteiger partial charge in [0.25, 0.3) is 0 Å². The van der Waals surface area contributed by atoms with Gasteiger partial charge in [0.2, 0.25) is 0 Å². The molecule has 0 amide bonds. The lowest BCUT2D eigenvalue weighted by Gasteiger charge is -2.22. The average molecular weight is 411 g/mol. The van der Waals surface area contributed by atoms with Crippen LogP contribution in [0.5, 0.6) is 0 Å². The van der Waals surface area contributed by atoms with Gasteiger partial charge in [0.1, 0.15) is 0 Å². The van der Waals surface area contributed by atoms with Gasteiger partial charge in [0.05, 0.1) is 19.8 Å². The summed E-state index contributed by atoms with van der Waals surface area (Å²) in [4.78, 5) is 6.78. The quantitative estimate of drug-likeness (QED) is 0.263. The molecule has 0 bridgehead atoms. The third-order valence-electron chi connectivity index (χ3n) is 4.17. The molecule has 0 radical (unpaired) electrons. The van der Waals surface area contributed by atoms with E-state index in [1.165, 1.54) is 12.8 Å². The summed E-state index contributed by atoms with van der Waals surface area (Å²) >= 11 is 0. The van der Waals surface area contributed by atoms with Crippen LogP contribution in [0.2, 0.25) is 0 Å². The van der Waals surface area contributed by atoms with E-state index in [9.17, 15) is 5.11 Å². The summed E-state index contributed by atoms with van der Waals surface area (Å²) in [5.74, 6) is 1.74. The number of nitrogens with one attached hydrogen (secondary N) is 1. The zero-order valence-corrected chi connectivity index (χ0v) is 15.6. The lowest BCUT2D eigenvalue weighted by Crippen LogP contribution is -2.41. The fraction of sp³-hybridized carbons (Fsp3) is 0.933. The molecule has 5 nitrogen and oxygen atoms in total. The highest BCUT2D eigenvalue weighted by molar-refractivity contribution is 14.0. The maximum absolute atomic E-state index is 9.35. The summed E-state index contributed by atoms with van der Waals surface area (Å²) in [6.45, 7) is 6.43. The van der Waals surface area contributed by atoms with Gasteiger partial charge >= 0.3 is 0 Å². The van der Waals surface area contributed by atoms with Gasteiger partial charge in [-0.25, -0.2) is 0 Å². The molecule has 0 unspecified atom stereocenters. The van der Waals surface area contributed by atoms with Crippen LogP contribution in [0.15, 0.2) is 4.99 Å². The Morgan fingerprint density at radius 2 is 2.14 bits per heavy atom. The zero-order valence-electron chi connectivity index (χ0n) is 13.3. The van der Waals surface area contributed by atoms with E-state index < -0.39 is 0 Å². The van der Waals surface area contributed by atoms with Gasteiger partial charge in [0, 0.05) is 32.2 Å². The molecule has 2 aliphatic carbocycles. The molecule has 0 spiro atoms. The highest BCUT2D eigenvalue weighted by Crippen LogP contribution is 2.45. The van der Waals surface area contributed by atoms with Crippen molar-refractivity contribution in [2.75, 3.05) is 46.5 Å². The van der Waals surface area contributed by atoms with Crippen molar-refractivity contribution < 1.29 is 9.84 Å². The number of likely N-dealkylation sites (N-methyl/N-ethyl adjacent to an activating group) is 1. The fourth-order valence-electron chi connectivity index (χ4n) is 2.10. The molecule has 2 aliphatic rings. The lowest BCUT2D eigenvalue weighted by molar-refractivity contribution is 0.115. The van der Waals surface area contributed by atoms with Crippen molar-refractivity contribution in [1.82, 2.24) is 10.2 Å². The molecular formula is C15H30IN3O2. The topological polar surface area (TPSA) is 57.1 Å². The van der Waals surface area contributed by atoms with Crippen LogP contribution in [0.25, 0.3) is 0 Å². The predicted octanol–water partition coefficient (Wildman–Crippen LogP) is 1.70. The highest BCUT2D eigenvalue weighted by Gasteiger charge is 2.41. The molecule has 2 rings (SSSR count). The summed E-state index contributed by atoms with van der Waals surface area (Å²) in [6.07, 6.45) is 4.87. The van der Waals surface area contributed by atoms with Gasteiger partial charge in [-0.2, -0.15) is 0 Å². The molecule has 0 saturated heterocycles. The number of nitrogens with zero attached hydrogens (tertiary/aromatic N) is 2. The Balaban J connectivity index is 0.00000220. The maximum Gasteiger partial charge on any atom is 0.193 e. The Hall–Kier alpha value is -0.0800. The van der Waals surface area contributed by atoms with Gasteiger partial charge in [-0.05, 0) is 38.5 Å². The van der Waals surface area contributed by atoms with E-state index in [2.05, 4.69) is 22.1 Å². The van der Waals surface area contributed by atoms with Crippen molar-refractivity contribution in [2.45, 2.75) is 32.6 Å². The van der Waals surface area contributed by atoms with Crippen molar-refractivity contribution in [3.63, 3.8) is 0 Å².